The van der Waals surface area contributed by atoms with Crippen molar-refractivity contribution >= 4 is 0 Å². The topological polar surface area (TPSA) is 21.3 Å². The summed E-state index contributed by atoms with van der Waals surface area (Å²) in [5.41, 5.74) is 0. The summed E-state index contributed by atoms with van der Waals surface area (Å²) in [5.74, 6) is 0. The predicted molar refractivity (Wildman–Crippen MR) is 107 cm³/mol. The molecule has 2 heteroatoms. The lowest BCUT2D eigenvalue weighted by atomic mass is 10.1. The average molecular weight is 336 g/mol. The summed E-state index contributed by atoms with van der Waals surface area (Å²) >= 11 is 0. The Labute approximate surface area is 151 Å². The highest BCUT2D eigenvalue weighted by atomic mass is 16.5. The van der Waals surface area contributed by atoms with E-state index in [2.05, 4.69) is 36.5 Å². The van der Waals surface area contributed by atoms with Crippen LogP contribution in [0.1, 0.15) is 90.4 Å². The minimum absolute atomic E-state index is 0.489. The summed E-state index contributed by atoms with van der Waals surface area (Å²) in [6.45, 7) is 5.41. The first-order chi connectivity index (χ1) is 11.9. The molecule has 0 aromatic heterocycles. The van der Waals surface area contributed by atoms with Crippen LogP contribution in [0.3, 0.4) is 0 Å². The van der Waals surface area contributed by atoms with Gasteiger partial charge in [0.05, 0.1) is 6.10 Å². The Morgan fingerprint density at radius 1 is 0.833 bits per heavy atom. The van der Waals surface area contributed by atoms with Crippen molar-refractivity contribution in [2.45, 2.75) is 96.5 Å². The fourth-order valence-corrected chi connectivity index (χ4v) is 3.11. The van der Waals surface area contributed by atoms with Crippen LogP contribution in [0.25, 0.3) is 0 Å². The summed E-state index contributed by atoms with van der Waals surface area (Å²) in [7, 11) is 0. The van der Waals surface area contributed by atoms with Crippen LogP contribution in [-0.2, 0) is 4.74 Å². The molecule has 0 radical (unpaired) electrons. The van der Waals surface area contributed by atoms with Gasteiger partial charge in [0.25, 0.3) is 0 Å². The van der Waals surface area contributed by atoms with Crippen molar-refractivity contribution in [2.75, 3.05) is 19.7 Å². The SMILES string of the molecule is CCCCC/C=C\C/C=C\CCCCCCCCO[C@@H]1CCNC1. The van der Waals surface area contributed by atoms with E-state index in [1.165, 1.54) is 77.0 Å². The molecule has 0 amide bonds. The number of unbranched alkanes of at least 4 members (excludes halogenated alkanes) is 9. The molecule has 140 valence electrons. The highest BCUT2D eigenvalue weighted by molar-refractivity contribution is 4.92. The van der Waals surface area contributed by atoms with Crippen molar-refractivity contribution < 1.29 is 4.74 Å². The fraction of sp³-hybridized carbons (Fsp3) is 0.818. The van der Waals surface area contributed by atoms with Crippen molar-refractivity contribution in [3.8, 4) is 0 Å². The summed E-state index contributed by atoms with van der Waals surface area (Å²) in [4.78, 5) is 0. The Morgan fingerprint density at radius 2 is 1.50 bits per heavy atom. The number of ether oxygens (including phenoxy) is 1. The molecule has 1 aliphatic rings. The van der Waals surface area contributed by atoms with Gasteiger partial charge < -0.3 is 10.1 Å². The fourth-order valence-electron chi connectivity index (χ4n) is 3.11. The summed E-state index contributed by atoms with van der Waals surface area (Å²) < 4.78 is 5.84. The second-order valence-electron chi connectivity index (χ2n) is 7.07. The molecule has 0 saturated carbocycles. The quantitative estimate of drug-likeness (QED) is 0.269. The molecule has 0 bridgehead atoms. The molecule has 1 rings (SSSR count). The Kier molecular flexibility index (Phi) is 15.4. The van der Waals surface area contributed by atoms with E-state index < -0.39 is 0 Å². The minimum atomic E-state index is 0.489. The lowest BCUT2D eigenvalue weighted by Gasteiger charge is -2.09. The molecule has 1 aliphatic heterocycles. The number of allylic oxidation sites excluding steroid dienone is 4. The van der Waals surface area contributed by atoms with Gasteiger partial charge >= 0.3 is 0 Å². The number of hydrogen-bond acceptors (Lipinski definition) is 2. The van der Waals surface area contributed by atoms with E-state index in [4.69, 9.17) is 4.74 Å². The van der Waals surface area contributed by atoms with E-state index in [9.17, 15) is 0 Å². The first-order valence-corrected chi connectivity index (χ1v) is 10.6. The normalized spacial score (nSPS) is 18.3. The van der Waals surface area contributed by atoms with Crippen LogP contribution in [0.2, 0.25) is 0 Å². The molecule has 24 heavy (non-hydrogen) atoms. The van der Waals surface area contributed by atoms with E-state index in [1.807, 2.05) is 0 Å². The number of nitrogens with one attached hydrogen (secondary N) is 1. The molecular formula is C22H41NO. The van der Waals surface area contributed by atoms with Gasteiger partial charge in [-0.05, 0) is 51.5 Å². The molecule has 1 N–H and O–H groups in total. The van der Waals surface area contributed by atoms with E-state index in [0.717, 1.165) is 26.1 Å². The second kappa shape index (κ2) is 17.2. The maximum Gasteiger partial charge on any atom is 0.0711 e. The summed E-state index contributed by atoms with van der Waals surface area (Å²) in [6, 6.07) is 0. The molecule has 2 nitrogen and oxygen atoms in total. The summed E-state index contributed by atoms with van der Waals surface area (Å²) in [5, 5.41) is 3.34. The number of rotatable bonds is 16. The van der Waals surface area contributed by atoms with Gasteiger partial charge in [-0.3, -0.25) is 0 Å². The van der Waals surface area contributed by atoms with E-state index >= 15 is 0 Å². The lowest BCUT2D eigenvalue weighted by Crippen LogP contribution is -2.17. The first kappa shape index (κ1) is 21.4. The largest absolute Gasteiger partial charge is 0.377 e. The molecule has 1 heterocycles. The predicted octanol–water partition coefficient (Wildman–Crippen LogP) is 6.18. The zero-order chi connectivity index (χ0) is 17.1. The smallest absolute Gasteiger partial charge is 0.0711 e. The summed E-state index contributed by atoms with van der Waals surface area (Å²) in [6.07, 6.45) is 26.7. The van der Waals surface area contributed by atoms with Gasteiger partial charge in [0.2, 0.25) is 0 Å². The Hall–Kier alpha value is -0.600. The average Bonchev–Trinajstić information content (AvgIpc) is 3.11. The molecular weight excluding hydrogens is 294 g/mol. The van der Waals surface area contributed by atoms with Crippen molar-refractivity contribution in [3.05, 3.63) is 24.3 Å². The Balaban J connectivity index is 1.73. The van der Waals surface area contributed by atoms with Gasteiger partial charge in [-0.2, -0.15) is 0 Å². The molecule has 0 aromatic rings. The molecule has 1 atom stereocenters. The third-order valence-electron chi connectivity index (χ3n) is 4.71. The molecule has 0 aromatic carbocycles. The van der Waals surface area contributed by atoms with Crippen molar-refractivity contribution in [3.63, 3.8) is 0 Å². The Bertz CT molecular complexity index is 305. The molecule has 0 spiro atoms. The van der Waals surface area contributed by atoms with Crippen LogP contribution in [0.4, 0.5) is 0 Å². The highest BCUT2D eigenvalue weighted by Gasteiger charge is 2.13. The molecule has 0 unspecified atom stereocenters. The van der Waals surface area contributed by atoms with Gasteiger partial charge in [0, 0.05) is 13.2 Å². The van der Waals surface area contributed by atoms with Crippen LogP contribution >= 0.6 is 0 Å². The highest BCUT2D eigenvalue weighted by Crippen LogP contribution is 2.09. The lowest BCUT2D eigenvalue weighted by molar-refractivity contribution is 0.0641. The van der Waals surface area contributed by atoms with Gasteiger partial charge in [0.1, 0.15) is 0 Å². The van der Waals surface area contributed by atoms with Crippen molar-refractivity contribution in [1.82, 2.24) is 5.32 Å². The maximum absolute atomic E-state index is 5.84. The first-order valence-electron chi connectivity index (χ1n) is 10.6. The van der Waals surface area contributed by atoms with E-state index in [-0.39, 0.29) is 0 Å². The van der Waals surface area contributed by atoms with Crippen LogP contribution < -0.4 is 5.32 Å². The second-order valence-corrected chi connectivity index (χ2v) is 7.07. The third kappa shape index (κ3) is 13.8. The Morgan fingerprint density at radius 3 is 2.17 bits per heavy atom. The van der Waals surface area contributed by atoms with Gasteiger partial charge in [0.15, 0.2) is 0 Å². The van der Waals surface area contributed by atoms with E-state index in [0.29, 0.717) is 6.10 Å². The third-order valence-corrected chi connectivity index (χ3v) is 4.71. The zero-order valence-electron chi connectivity index (χ0n) is 16.1. The van der Waals surface area contributed by atoms with Crippen LogP contribution in [0, 0.1) is 0 Å². The minimum Gasteiger partial charge on any atom is -0.377 e. The molecule has 1 saturated heterocycles. The van der Waals surface area contributed by atoms with Gasteiger partial charge in [-0.1, -0.05) is 69.8 Å². The van der Waals surface area contributed by atoms with Gasteiger partial charge in [-0.25, -0.2) is 0 Å². The number of hydrogen-bond donors (Lipinski definition) is 1. The van der Waals surface area contributed by atoms with Crippen LogP contribution in [0.15, 0.2) is 24.3 Å². The standard InChI is InChI=1S/C22H41NO/c1-2-3-4-5-6-7-8-9-10-11-12-13-14-15-16-17-20-24-22-18-19-23-21-22/h6-7,9-10,22-23H,2-5,8,11-21H2,1H3/b7-6-,10-9-/t22-/m1/s1. The monoisotopic (exact) mass is 335 g/mol. The van der Waals surface area contributed by atoms with Gasteiger partial charge in [-0.15, -0.1) is 0 Å². The van der Waals surface area contributed by atoms with Crippen molar-refractivity contribution in [2.24, 2.45) is 0 Å². The molecule has 1 fully saturated rings. The van der Waals surface area contributed by atoms with E-state index in [1.54, 1.807) is 0 Å². The molecule has 0 aliphatic carbocycles. The van der Waals surface area contributed by atoms with Crippen LogP contribution in [-0.4, -0.2) is 25.8 Å². The zero-order valence-corrected chi connectivity index (χ0v) is 16.1. The maximum atomic E-state index is 5.84. The van der Waals surface area contributed by atoms with Crippen molar-refractivity contribution in [1.29, 1.82) is 0 Å². The van der Waals surface area contributed by atoms with Crippen LogP contribution in [0.5, 0.6) is 0 Å².